The molecule has 1 unspecified atom stereocenters. The van der Waals surface area contributed by atoms with Crippen molar-refractivity contribution in [1.29, 1.82) is 0 Å². The Kier molecular flexibility index (Phi) is 18.9. The summed E-state index contributed by atoms with van der Waals surface area (Å²) in [5, 5.41) is 9.30. The average Bonchev–Trinajstić information content (AvgIpc) is 2.43. The molecule has 0 fully saturated rings. The molecule has 0 aromatic rings. The molecule has 0 aliphatic carbocycles. The minimum Gasteiger partial charge on any atom is -1.00 e. The zero-order chi connectivity index (χ0) is 15.1. The molecule has 2 nitrogen and oxygen atoms in total. The van der Waals surface area contributed by atoms with E-state index in [0.717, 1.165) is 11.0 Å². The number of halogens is 1. The highest BCUT2D eigenvalue weighted by atomic mass is 79.9. The van der Waals surface area contributed by atoms with Crippen molar-refractivity contribution in [2.75, 3.05) is 33.3 Å². The van der Waals surface area contributed by atoms with Gasteiger partial charge in [-0.2, -0.15) is 0 Å². The predicted molar refractivity (Wildman–Crippen MR) is 90.0 cm³/mol. The zero-order valence-electron chi connectivity index (χ0n) is 14.9. The van der Waals surface area contributed by atoms with Gasteiger partial charge in [-0.05, 0) is 25.7 Å². The van der Waals surface area contributed by atoms with Gasteiger partial charge in [-0.1, -0.05) is 58.8 Å². The number of hydrogen-bond acceptors (Lipinski definition) is 1. The second kappa shape index (κ2) is 16.8. The topological polar surface area (TPSA) is 20.2 Å². The van der Waals surface area contributed by atoms with E-state index in [1.807, 2.05) is 0 Å². The SMILES string of the molecule is CCCCCCCC[N+](C)(CCO)CCCCCCC.[Br-]. The van der Waals surface area contributed by atoms with Crippen molar-refractivity contribution in [3.05, 3.63) is 0 Å². The molecule has 1 N–H and O–H groups in total. The van der Waals surface area contributed by atoms with Gasteiger partial charge in [0.05, 0.1) is 26.7 Å². The maximum Gasteiger partial charge on any atom is 0.102 e. The summed E-state index contributed by atoms with van der Waals surface area (Å²) in [6.07, 6.45) is 15.0. The number of likely N-dealkylation sites (N-methyl/N-ethyl adjacent to an activating group) is 1. The van der Waals surface area contributed by atoms with E-state index < -0.39 is 0 Å². The Labute approximate surface area is 144 Å². The molecular formula is C18H40BrNO. The van der Waals surface area contributed by atoms with E-state index in [4.69, 9.17) is 0 Å². The molecule has 0 rings (SSSR count). The minimum atomic E-state index is 0. The van der Waals surface area contributed by atoms with Crippen molar-refractivity contribution in [2.45, 2.75) is 84.5 Å². The lowest BCUT2D eigenvalue weighted by atomic mass is 10.1. The highest BCUT2D eigenvalue weighted by Crippen LogP contribution is 2.12. The molecule has 0 radical (unpaired) electrons. The van der Waals surface area contributed by atoms with Crippen molar-refractivity contribution < 1.29 is 26.6 Å². The third-order valence-corrected chi connectivity index (χ3v) is 4.49. The molecule has 0 aliphatic rings. The number of aliphatic hydroxyl groups excluding tert-OH is 1. The van der Waals surface area contributed by atoms with Gasteiger partial charge in [-0.3, -0.25) is 0 Å². The summed E-state index contributed by atoms with van der Waals surface area (Å²) in [6.45, 7) is 8.31. The van der Waals surface area contributed by atoms with E-state index in [1.54, 1.807) is 0 Å². The number of nitrogens with zero attached hydrogens (tertiary/aromatic N) is 1. The van der Waals surface area contributed by atoms with Crippen LogP contribution in [0.2, 0.25) is 0 Å². The molecule has 0 saturated carbocycles. The van der Waals surface area contributed by atoms with Gasteiger partial charge in [0.25, 0.3) is 0 Å². The van der Waals surface area contributed by atoms with Crippen molar-refractivity contribution in [3.8, 4) is 0 Å². The maximum atomic E-state index is 9.30. The van der Waals surface area contributed by atoms with E-state index in [-0.39, 0.29) is 17.0 Å². The van der Waals surface area contributed by atoms with Gasteiger partial charge in [-0.25, -0.2) is 0 Å². The van der Waals surface area contributed by atoms with Crippen LogP contribution in [0, 0.1) is 0 Å². The molecular weight excluding hydrogens is 326 g/mol. The van der Waals surface area contributed by atoms with Crippen LogP contribution >= 0.6 is 0 Å². The monoisotopic (exact) mass is 365 g/mol. The Morgan fingerprint density at radius 3 is 1.38 bits per heavy atom. The molecule has 0 aromatic carbocycles. The average molecular weight is 366 g/mol. The maximum absolute atomic E-state index is 9.30. The van der Waals surface area contributed by atoms with Crippen LogP contribution < -0.4 is 17.0 Å². The standard InChI is InChI=1S/C18H40NO.BrH/c1-4-6-8-10-12-14-16-19(3,17-18-20)15-13-11-9-7-5-2;/h20H,4-18H2,1-3H3;1H/q+1;/p-1. The number of hydrogen-bond donors (Lipinski definition) is 1. The first-order valence-electron chi connectivity index (χ1n) is 9.13. The van der Waals surface area contributed by atoms with Crippen LogP contribution in [-0.2, 0) is 0 Å². The van der Waals surface area contributed by atoms with Crippen LogP contribution in [0.3, 0.4) is 0 Å². The summed E-state index contributed by atoms with van der Waals surface area (Å²) in [5.41, 5.74) is 0. The van der Waals surface area contributed by atoms with Crippen molar-refractivity contribution >= 4 is 0 Å². The van der Waals surface area contributed by atoms with Crippen LogP contribution in [0.5, 0.6) is 0 Å². The second-order valence-corrected chi connectivity index (χ2v) is 6.70. The molecule has 3 heteroatoms. The van der Waals surface area contributed by atoms with E-state index in [1.165, 1.54) is 83.7 Å². The van der Waals surface area contributed by atoms with Crippen LogP contribution in [0.25, 0.3) is 0 Å². The molecule has 130 valence electrons. The Bertz CT molecular complexity index is 202. The molecule has 0 spiro atoms. The highest BCUT2D eigenvalue weighted by molar-refractivity contribution is 4.48. The first-order valence-corrected chi connectivity index (χ1v) is 9.13. The van der Waals surface area contributed by atoms with Gasteiger partial charge in [0.2, 0.25) is 0 Å². The normalized spacial score (nSPS) is 13.7. The summed E-state index contributed by atoms with van der Waals surface area (Å²) >= 11 is 0. The lowest BCUT2D eigenvalue weighted by molar-refractivity contribution is -0.910. The van der Waals surface area contributed by atoms with Crippen LogP contribution in [-0.4, -0.2) is 42.9 Å². The summed E-state index contributed by atoms with van der Waals surface area (Å²) < 4.78 is 1.08. The van der Waals surface area contributed by atoms with Gasteiger partial charge in [-0.15, -0.1) is 0 Å². The summed E-state index contributed by atoms with van der Waals surface area (Å²) in [5.74, 6) is 0. The fourth-order valence-corrected chi connectivity index (χ4v) is 2.95. The largest absolute Gasteiger partial charge is 1.00 e. The lowest BCUT2D eigenvalue weighted by Crippen LogP contribution is -3.00. The summed E-state index contributed by atoms with van der Waals surface area (Å²) in [6, 6.07) is 0. The van der Waals surface area contributed by atoms with Gasteiger partial charge in [0.15, 0.2) is 0 Å². The van der Waals surface area contributed by atoms with Crippen LogP contribution in [0.15, 0.2) is 0 Å². The van der Waals surface area contributed by atoms with Gasteiger partial charge in [0.1, 0.15) is 6.54 Å². The van der Waals surface area contributed by atoms with Crippen molar-refractivity contribution in [1.82, 2.24) is 0 Å². The van der Waals surface area contributed by atoms with Gasteiger partial charge >= 0.3 is 0 Å². The lowest BCUT2D eigenvalue weighted by Gasteiger charge is -2.34. The smallest absolute Gasteiger partial charge is 0.102 e. The molecule has 0 heterocycles. The molecule has 1 atom stereocenters. The number of unbranched alkanes of at least 4 members (excludes halogenated alkanes) is 9. The van der Waals surface area contributed by atoms with Crippen LogP contribution in [0.1, 0.15) is 84.5 Å². The van der Waals surface area contributed by atoms with Crippen LogP contribution in [0.4, 0.5) is 0 Å². The molecule has 21 heavy (non-hydrogen) atoms. The first-order chi connectivity index (χ1) is 9.68. The van der Waals surface area contributed by atoms with E-state index in [0.29, 0.717) is 6.61 Å². The quantitative estimate of drug-likeness (QED) is 0.346. The Hall–Kier alpha value is 0.400. The van der Waals surface area contributed by atoms with E-state index >= 15 is 0 Å². The molecule has 0 bridgehead atoms. The summed E-state index contributed by atoms with van der Waals surface area (Å²) in [4.78, 5) is 0. The molecule has 0 aliphatic heterocycles. The van der Waals surface area contributed by atoms with Crippen molar-refractivity contribution in [3.63, 3.8) is 0 Å². The number of quaternary nitrogens is 1. The Morgan fingerprint density at radius 1 is 0.619 bits per heavy atom. The Morgan fingerprint density at radius 2 is 1.00 bits per heavy atom. The third kappa shape index (κ3) is 15.1. The minimum absolute atomic E-state index is 0. The fourth-order valence-electron chi connectivity index (χ4n) is 2.95. The third-order valence-electron chi connectivity index (χ3n) is 4.49. The van der Waals surface area contributed by atoms with E-state index in [2.05, 4.69) is 20.9 Å². The molecule has 0 aromatic heterocycles. The second-order valence-electron chi connectivity index (χ2n) is 6.70. The van der Waals surface area contributed by atoms with Crippen molar-refractivity contribution in [2.24, 2.45) is 0 Å². The molecule has 0 amide bonds. The predicted octanol–water partition coefficient (Wildman–Crippen LogP) is 1.76. The van der Waals surface area contributed by atoms with Gasteiger partial charge in [0, 0.05) is 0 Å². The summed E-state index contributed by atoms with van der Waals surface area (Å²) in [7, 11) is 2.34. The number of rotatable bonds is 15. The highest BCUT2D eigenvalue weighted by Gasteiger charge is 2.19. The zero-order valence-corrected chi connectivity index (χ0v) is 16.5. The fraction of sp³-hybridized carbons (Fsp3) is 1.00. The molecule has 0 saturated heterocycles. The van der Waals surface area contributed by atoms with Gasteiger partial charge < -0.3 is 26.6 Å². The first kappa shape index (κ1) is 23.7. The van der Waals surface area contributed by atoms with E-state index in [9.17, 15) is 5.11 Å². The number of aliphatic hydroxyl groups is 1. The Balaban J connectivity index is 0.